The molecular formula is C26H32N4O10S2. The second kappa shape index (κ2) is 14.1. The minimum absolute atomic E-state index is 0.248. The molecule has 8 atom stereocenters. The zero-order chi connectivity index (χ0) is 29.6. The molecule has 4 fully saturated rings. The molecule has 4 aliphatic rings. The predicted molar refractivity (Wildman–Crippen MR) is 147 cm³/mol. The maximum atomic E-state index is 11.0. The highest BCUT2D eigenvalue weighted by Crippen LogP contribution is 2.32. The Labute approximate surface area is 250 Å². The fraction of sp³-hybridized carbons (Fsp3) is 0.615. The third-order valence-corrected chi connectivity index (χ3v) is 7.81. The predicted octanol–water partition coefficient (Wildman–Crippen LogP) is 1.35. The van der Waals surface area contributed by atoms with E-state index in [0.717, 1.165) is 0 Å². The van der Waals surface area contributed by atoms with Crippen LogP contribution in [0.4, 0.5) is 0 Å². The van der Waals surface area contributed by atoms with Crippen LogP contribution < -0.4 is 9.47 Å². The third-order valence-electron chi connectivity index (χ3n) is 6.69. The summed E-state index contributed by atoms with van der Waals surface area (Å²) in [6, 6.07) is 3.40. The number of ether oxygens (including phenoxy) is 8. The summed E-state index contributed by atoms with van der Waals surface area (Å²) in [6.45, 7) is 4.17. The molecule has 0 bridgehead atoms. The second-order valence-electron chi connectivity index (χ2n) is 9.56. The molecule has 2 aromatic rings. The summed E-state index contributed by atoms with van der Waals surface area (Å²) in [4.78, 5) is 38.8. The van der Waals surface area contributed by atoms with Gasteiger partial charge in [-0.25, -0.2) is 9.97 Å². The number of fused-ring (bicyclic) bond motifs is 2. The summed E-state index contributed by atoms with van der Waals surface area (Å²) in [7, 11) is 0. The van der Waals surface area contributed by atoms with Crippen molar-refractivity contribution in [2.24, 2.45) is 0 Å². The highest BCUT2D eigenvalue weighted by Gasteiger charge is 2.51. The van der Waals surface area contributed by atoms with Crippen LogP contribution in [0.2, 0.25) is 0 Å². The number of hydrogen-bond donors (Lipinski definition) is 0. The number of aromatic nitrogens is 4. The van der Waals surface area contributed by atoms with Gasteiger partial charge < -0.3 is 37.9 Å². The highest BCUT2D eigenvalue weighted by molar-refractivity contribution is 7.98. The Balaban J connectivity index is 0.000000168. The minimum atomic E-state index is -0.367. The Morgan fingerprint density at radius 1 is 0.667 bits per heavy atom. The number of rotatable bonds is 8. The molecule has 0 spiro atoms. The average Bonchev–Trinajstić information content (AvgIpc) is 3.75. The standard InChI is InChI=1S/2C13H16N2O5S/c2*1-7(16)19-8-5-17-12-9(6-18-11(8)12)20-10-3-4-14-13(15-10)21-2/h2*3-4,8-9,11-12H,5-6H2,1-2H3/t2*8-,9?,11+,12+/m00/s1. The Morgan fingerprint density at radius 3 is 1.38 bits per heavy atom. The molecule has 42 heavy (non-hydrogen) atoms. The lowest BCUT2D eigenvalue weighted by molar-refractivity contribution is -0.151. The van der Waals surface area contributed by atoms with Crippen molar-refractivity contribution in [2.75, 3.05) is 38.9 Å². The molecule has 0 N–H and O–H groups in total. The van der Waals surface area contributed by atoms with Crippen molar-refractivity contribution >= 4 is 35.5 Å². The van der Waals surface area contributed by atoms with Crippen LogP contribution in [0.3, 0.4) is 0 Å². The summed E-state index contributed by atoms with van der Waals surface area (Å²) >= 11 is 2.89. The molecule has 6 heterocycles. The van der Waals surface area contributed by atoms with E-state index in [1.165, 1.54) is 37.4 Å². The molecule has 0 saturated carbocycles. The first-order valence-electron chi connectivity index (χ1n) is 13.2. The van der Waals surface area contributed by atoms with Crippen molar-refractivity contribution in [1.82, 2.24) is 19.9 Å². The minimum Gasteiger partial charge on any atom is -0.469 e. The number of carbonyl (C=O) groups is 2. The van der Waals surface area contributed by atoms with Gasteiger partial charge in [0, 0.05) is 38.4 Å². The van der Waals surface area contributed by atoms with Crippen molar-refractivity contribution in [2.45, 2.75) is 73.0 Å². The Morgan fingerprint density at radius 2 is 1.02 bits per heavy atom. The molecule has 16 heteroatoms. The molecule has 6 rings (SSSR count). The van der Waals surface area contributed by atoms with Crippen molar-refractivity contribution in [3.63, 3.8) is 0 Å². The normalized spacial score (nSPS) is 31.0. The number of nitrogens with zero attached hydrogens (tertiary/aromatic N) is 4. The first-order valence-corrected chi connectivity index (χ1v) is 15.7. The fourth-order valence-corrected chi connectivity index (χ4v) is 5.67. The van der Waals surface area contributed by atoms with E-state index < -0.39 is 0 Å². The van der Waals surface area contributed by atoms with Crippen molar-refractivity contribution in [1.29, 1.82) is 0 Å². The molecule has 2 aromatic heterocycles. The lowest BCUT2D eigenvalue weighted by Gasteiger charge is -2.17. The molecule has 14 nitrogen and oxygen atoms in total. The third kappa shape index (κ3) is 7.41. The van der Waals surface area contributed by atoms with Gasteiger partial charge in [0.05, 0.1) is 26.4 Å². The van der Waals surface area contributed by atoms with Gasteiger partial charge in [0.25, 0.3) is 0 Å². The summed E-state index contributed by atoms with van der Waals surface area (Å²) in [6.07, 6.45) is 4.79. The van der Waals surface area contributed by atoms with E-state index in [1.54, 1.807) is 24.5 Å². The molecule has 4 saturated heterocycles. The monoisotopic (exact) mass is 624 g/mol. The molecule has 0 aromatic carbocycles. The Bertz CT molecular complexity index is 1150. The number of esters is 2. The van der Waals surface area contributed by atoms with Gasteiger partial charge in [-0.15, -0.1) is 0 Å². The molecule has 228 valence electrons. The van der Waals surface area contributed by atoms with Crippen LogP contribution in [-0.4, -0.2) is 120 Å². The van der Waals surface area contributed by atoms with Crippen LogP contribution in [0.1, 0.15) is 13.8 Å². The molecular weight excluding hydrogens is 592 g/mol. The van der Waals surface area contributed by atoms with Gasteiger partial charge in [0.2, 0.25) is 11.8 Å². The SMILES string of the molecule is CSc1nccc(OC2CO[C@@H]3[C@@H](OC(C)=O)CO[C@H]23)n1.CSc1nccc(OC2CO[C@@H]3[C@@H](OC(C)=O)CO[C@H]23)n1. The summed E-state index contributed by atoms with van der Waals surface area (Å²) in [5.41, 5.74) is 0. The maximum absolute atomic E-state index is 11.0. The highest BCUT2D eigenvalue weighted by atomic mass is 32.2. The van der Waals surface area contributed by atoms with Crippen LogP contribution >= 0.6 is 23.5 Å². The summed E-state index contributed by atoms with van der Waals surface area (Å²) in [5.74, 6) is 0.307. The van der Waals surface area contributed by atoms with E-state index in [1.807, 2.05) is 12.5 Å². The first kappa shape index (κ1) is 30.7. The number of thioether (sulfide) groups is 2. The van der Waals surface area contributed by atoms with Crippen LogP contribution in [0.15, 0.2) is 34.8 Å². The fourth-order valence-electron chi connectivity index (χ4n) is 4.98. The molecule has 4 aliphatic heterocycles. The Hall–Kier alpha value is -2.76. The van der Waals surface area contributed by atoms with E-state index in [-0.39, 0.29) is 60.8 Å². The van der Waals surface area contributed by atoms with Crippen molar-refractivity contribution < 1.29 is 47.5 Å². The van der Waals surface area contributed by atoms with E-state index in [0.29, 0.717) is 48.5 Å². The van der Waals surface area contributed by atoms with E-state index in [2.05, 4.69) is 19.9 Å². The lowest BCUT2D eigenvalue weighted by atomic mass is 10.1. The largest absolute Gasteiger partial charge is 0.469 e. The Kier molecular flexibility index (Phi) is 10.3. The van der Waals surface area contributed by atoms with Gasteiger partial charge in [-0.3, -0.25) is 9.59 Å². The lowest BCUT2D eigenvalue weighted by Crippen LogP contribution is -2.36. The number of carbonyl (C=O) groups excluding carboxylic acids is 2. The average molecular weight is 625 g/mol. The molecule has 2 unspecified atom stereocenters. The molecule has 0 amide bonds. The van der Waals surface area contributed by atoms with E-state index >= 15 is 0 Å². The smallest absolute Gasteiger partial charge is 0.303 e. The summed E-state index contributed by atoms with van der Waals surface area (Å²) < 4.78 is 44.7. The van der Waals surface area contributed by atoms with Gasteiger partial charge >= 0.3 is 11.9 Å². The first-order chi connectivity index (χ1) is 20.3. The van der Waals surface area contributed by atoms with Crippen molar-refractivity contribution in [3.05, 3.63) is 24.5 Å². The van der Waals surface area contributed by atoms with Crippen LogP contribution in [-0.2, 0) is 38.0 Å². The van der Waals surface area contributed by atoms with E-state index in [9.17, 15) is 9.59 Å². The number of hydrogen-bond acceptors (Lipinski definition) is 16. The van der Waals surface area contributed by atoms with E-state index in [4.69, 9.17) is 37.9 Å². The maximum Gasteiger partial charge on any atom is 0.303 e. The van der Waals surface area contributed by atoms with Gasteiger partial charge in [-0.2, -0.15) is 9.97 Å². The van der Waals surface area contributed by atoms with Crippen molar-refractivity contribution in [3.8, 4) is 11.8 Å². The topological polar surface area (TPSA) is 160 Å². The zero-order valence-electron chi connectivity index (χ0n) is 23.4. The van der Waals surface area contributed by atoms with Gasteiger partial charge in [-0.05, 0) is 12.5 Å². The van der Waals surface area contributed by atoms with Crippen LogP contribution in [0, 0.1) is 0 Å². The van der Waals surface area contributed by atoms with Crippen LogP contribution in [0.5, 0.6) is 11.8 Å². The summed E-state index contributed by atoms with van der Waals surface area (Å²) in [5, 5.41) is 1.29. The molecule has 0 radical (unpaired) electrons. The van der Waals surface area contributed by atoms with Gasteiger partial charge in [0.15, 0.2) is 34.7 Å². The quantitative estimate of drug-likeness (QED) is 0.235. The zero-order valence-corrected chi connectivity index (χ0v) is 25.1. The second-order valence-corrected chi connectivity index (χ2v) is 11.1. The molecule has 0 aliphatic carbocycles. The van der Waals surface area contributed by atoms with Gasteiger partial charge in [-0.1, -0.05) is 23.5 Å². The van der Waals surface area contributed by atoms with Gasteiger partial charge in [0.1, 0.15) is 24.4 Å². The van der Waals surface area contributed by atoms with Crippen LogP contribution in [0.25, 0.3) is 0 Å².